The molecule has 1 unspecified atom stereocenters. The van der Waals surface area contributed by atoms with Crippen LogP contribution in [0.25, 0.3) is 0 Å². The zero-order valence-corrected chi connectivity index (χ0v) is 11.9. The smallest absolute Gasteiger partial charge is 0.218 e. The van der Waals surface area contributed by atoms with Gasteiger partial charge in [0.1, 0.15) is 5.75 Å². The third-order valence-electron chi connectivity index (χ3n) is 3.30. The van der Waals surface area contributed by atoms with E-state index in [0.717, 1.165) is 18.4 Å². The molecule has 0 radical (unpaired) electrons. The van der Waals surface area contributed by atoms with Crippen molar-refractivity contribution in [1.82, 2.24) is 4.31 Å². The number of benzene rings is 1. The second-order valence-corrected chi connectivity index (χ2v) is 6.84. The molecule has 0 amide bonds. The summed E-state index contributed by atoms with van der Waals surface area (Å²) < 4.78 is 31.3. The molecule has 1 aromatic carbocycles. The van der Waals surface area contributed by atoms with E-state index in [0.29, 0.717) is 18.8 Å². The molecule has 1 atom stereocenters. The lowest BCUT2D eigenvalue weighted by atomic mass is 10.1. The average Bonchev–Trinajstić information content (AvgIpc) is 2.38. The molecular formula is C13H20N2O3S. The van der Waals surface area contributed by atoms with Gasteiger partial charge in [-0.25, -0.2) is 12.7 Å². The van der Waals surface area contributed by atoms with Gasteiger partial charge in [0, 0.05) is 19.1 Å². The van der Waals surface area contributed by atoms with Gasteiger partial charge >= 0.3 is 0 Å². The van der Waals surface area contributed by atoms with Gasteiger partial charge in [-0.15, -0.1) is 0 Å². The molecule has 1 fully saturated rings. The van der Waals surface area contributed by atoms with Crippen molar-refractivity contribution in [2.45, 2.75) is 24.6 Å². The summed E-state index contributed by atoms with van der Waals surface area (Å²) in [6.07, 6.45) is 1.73. The fourth-order valence-electron chi connectivity index (χ4n) is 2.29. The van der Waals surface area contributed by atoms with Gasteiger partial charge in [-0.1, -0.05) is 12.1 Å². The molecule has 0 aromatic heterocycles. The quantitative estimate of drug-likeness (QED) is 0.893. The summed E-state index contributed by atoms with van der Waals surface area (Å²) >= 11 is 0. The fourth-order valence-corrected chi connectivity index (χ4v) is 3.90. The van der Waals surface area contributed by atoms with E-state index in [-0.39, 0.29) is 11.8 Å². The van der Waals surface area contributed by atoms with Gasteiger partial charge < -0.3 is 10.5 Å². The molecule has 106 valence electrons. The molecule has 0 aliphatic carbocycles. The van der Waals surface area contributed by atoms with E-state index in [4.69, 9.17) is 10.5 Å². The lowest BCUT2D eigenvalue weighted by Crippen LogP contribution is -2.46. The van der Waals surface area contributed by atoms with Gasteiger partial charge in [0.2, 0.25) is 10.0 Å². The Labute approximate surface area is 114 Å². The van der Waals surface area contributed by atoms with Gasteiger partial charge in [0.05, 0.1) is 12.9 Å². The van der Waals surface area contributed by atoms with E-state index in [1.54, 1.807) is 31.4 Å². The van der Waals surface area contributed by atoms with Crippen LogP contribution in [0.5, 0.6) is 5.75 Å². The number of nitrogens with two attached hydrogens (primary N) is 1. The zero-order chi connectivity index (χ0) is 13.9. The number of hydrogen-bond acceptors (Lipinski definition) is 4. The molecule has 1 aromatic rings. The number of sulfonamides is 1. The van der Waals surface area contributed by atoms with Crippen LogP contribution in [0.15, 0.2) is 24.3 Å². The zero-order valence-electron chi connectivity index (χ0n) is 11.1. The van der Waals surface area contributed by atoms with Crippen LogP contribution in [0.4, 0.5) is 0 Å². The van der Waals surface area contributed by atoms with Crippen molar-refractivity contribution in [2.75, 3.05) is 20.2 Å². The molecule has 5 nitrogen and oxygen atoms in total. The standard InChI is InChI=1S/C13H20N2O3S/c1-18-13-6-2-4-11(8-13)10-19(16,17)15-7-3-5-12(14)9-15/h2,4,6,8,12H,3,5,7,9-10,14H2,1H3. The highest BCUT2D eigenvalue weighted by molar-refractivity contribution is 7.88. The Hall–Kier alpha value is -1.11. The molecule has 1 saturated heterocycles. The lowest BCUT2D eigenvalue weighted by Gasteiger charge is -2.29. The summed E-state index contributed by atoms with van der Waals surface area (Å²) in [6.45, 7) is 0.992. The summed E-state index contributed by atoms with van der Waals surface area (Å²) in [5.74, 6) is 0.666. The van der Waals surface area contributed by atoms with Gasteiger partial charge in [-0.3, -0.25) is 0 Å². The van der Waals surface area contributed by atoms with Crippen molar-refractivity contribution < 1.29 is 13.2 Å². The number of ether oxygens (including phenoxy) is 1. The molecule has 1 aliphatic rings. The van der Waals surface area contributed by atoms with E-state index in [2.05, 4.69) is 0 Å². The number of piperidine rings is 1. The van der Waals surface area contributed by atoms with Crippen molar-refractivity contribution in [3.63, 3.8) is 0 Å². The summed E-state index contributed by atoms with van der Waals surface area (Å²) in [7, 11) is -1.73. The first-order valence-corrected chi connectivity index (χ1v) is 7.98. The Bertz CT molecular complexity index is 530. The Kier molecular flexibility index (Phi) is 4.44. The van der Waals surface area contributed by atoms with Crippen molar-refractivity contribution >= 4 is 10.0 Å². The summed E-state index contributed by atoms with van der Waals surface area (Å²) in [4.78, 5) is 0. The van der Waals surface area contributed by atoms with E-state index >= 15 is 0 Å². The second-order valence-electron chi connectivity index (χ2n) is 4.87. The number of hydrogen-bond donors (Lipinski definition) is 1. The number of nitrogens with zero attached hydrogens (tertiary/aromatic N) is 1. The Morgan fingerprint density at radius 2 is 2.26 bits per heavy atom. The predicted molar refractivity (Wildman–Crippen MR) is 74.4 cm³/mol. The van der Waals surface area contributed by atoms with Gasteiger partial charge in [-0.2, -0.15) is 0 Å². The molecule has 1 heterocycles. The Morgan fingerprint density at radius 1 is 1.47 bits per heavy atom. The van der Waals surface area contributed by atoms with Gasteiger partial charge in [0.25, 0.3) is 0 Å². The normalized spacial score (nSPS) is 21.3. The van der Waals surface area contributed by atoms with Crippen LogP contribution in [0.1, 0.15) is 18.4 Å². The second kappa shape index (κ2) is 5.90. The third-order valence-corrected chi connectivity index (χ3v) is 5.11. The molecular weight excluding hydrogens is 264 g/mol. The first kappa shape index (κ1) is 14.3. The largest absolute Gasteiger partial charge is 0.497 e. The van der Waals surface area contributed by atoms with Crippen LogP contribution in [-0.2, 0) is 15.8 Å². The summed E-state index contributed by atoms with van der Waals surface area (Å²) in [5.41, 5.74) is 6.57. The maximum atomic E-state index is 12.3. The van der Waals surface area contributed by atoms with Crippen LogP contribution < -0.4 is 10.5 Å². The Balaban J connectivity index is 2.11. The van der Waals surface area contributed by atoms with Crippen LogP contribution in [0.2, 0.25) is 0 Å². The monoisotopic (exact) mass is 284 g/mol. The van der Waals surface area contributed by atoms with Crippen LogP contribution in [0, 0.1) is 0 Å². The summed E-state index contributed by atoms with van der Waals surface area (Å²) in [5, 5.41) is 0. The third kappa shape index (κ3) is 3.68. The molecule has 19 heavy (non-hydrogen) atoms. The topological polar surface area (TPSA) is 72.6 Å². The van der Waals surface area contributed by atoms with Crippen molar-refractivity contribution in [1.29, 1.82) is 0 Å². The van der Waals surface area contributed by atoms with E-state index in [1.165, 1.54) is 4.31 Å². The van der Waals surface area contributed by atoms with Crippen LogP contribution >= 0.6 is 0 Å². The predicted octanol–water partition coefficient (Wildman–Crippen LogP) is 0.948. The SMILES string of the molecule is COc1cccc(CS(=O)(=O)N2CCCC(N)C2)c1. The molecule has 0 spiro atoms. The highest BCUT2D eigenvalue weighted by atomic mass is 32.2. The van der Waals surface area contributed by atoms with Crippen molar-refractivity contribution in [3.05, 3.63) is 29.8 Å². The fraction of sp³-hybridized carbons (Fsp3) is 0.538. The van der Waals surface area contributed by atoms with Crippen molar-refractivity contribution in [2.24, 2.45) is 5.73 Å². The first-order chi connectivity index (χ1) is 9.01. The molecule has 6 heteroatoms. The highest BCUT2D eigenvalue weighted by Crippen LogP contribution is 2.19. The van der Waals surface area contributed by atoms with E-state index in [9.17, 15) is 8.42 Å². The minimum absolute atomic E-state index is 0.00306. The Morgan fingerprint density at radius 3 is 2.95 bits per heavy atom. The molecule has 0 saturated carbocycles. The van der Waals surface area contributed by atoms with Crippen molar-refractivity contribution in [3.8, 4) is 5.75 Å². The molecule has 2 rings (SSSR count). The minimum atomic E-state index is -3.30. The maximum absolute atomic E-state index is 12.3. The van der Waals surface area contributed by atoms with Gasteiger partial charge in [0.15, 0.2) is 0 Å². The molecule has 2 N–H and O–H groups in total. The average molecular weight is 284 g/mol. The van der Waals surface area contributed by atoms with Crippen LogP contribution in [-0.4, -0.2) is 39.0 Å². The first-order valence-electron chi connectivity index (χ1n) is 6.37. The van der Waals surface area contributed by atoms with Crippen LogP contribution in [0.3, 0.4) is 0 Å². The minimum Gasteiger partial charge on any atom is -0.497 e. The molecule has 0 bridgehead atoms. The number of methoxy groups -OCH3 is 1. The lowest BCUT2D eigenvalue weighted by molar-refractivity contribution is 0.315. The highest BCUT2D eigenvalue weighted by Gasteiger charge is 2.27. The van der Waals surface area contributed by atoms with E-state index in [1.807, 2.05) is 0 Å². The summed E-state index contributed by atoms with van der Waals surface area (Å²) in [6, 6.07) is 7.10. The van der Waals surface area contributed by atoms with Gasteiger partial charge in [-0.05, 0) is 30.5 Å². The van der Waals surface area contributed by atoms with E-state index < -0.39 is 10.0 Å². The molecule has 1 aliphatic heterocycles. The maximum Gasteiger partial charge on any atom is 0.218 e. The number of rotatable bonds is 4.